The predicted molar refractivity (Wildman–Crippen MR) is 70.4 cm³/mol. The van der Waals surface area contributed by atoms with Gasteiger partial charge in [-0.2, -0.15) is 4.98 Å². The molecule has 0 fully saturated rings. The lowest BCUT2D eigenvalue weighted by molar-refractivity contribution is 1.03. The van der Waals surface area contributed by atoms with Crippen LogP contribution in [0.4, 0.5) is 11.8 Å². The van der Waals surface area contributed by atoms with Crippen LogP contribution in [0.25, 0.3) is 0 Å². The molecule has 0 saturated carbocycles. The largest absolute Gasteiger partial charge is 0.363 e. The van der Waals surface area contributed by atoms with E-state index in [0.717, 1.165) is 23.1 Å². The van der Waals surface area contributed by atoms with E-state index in [9.17, 15) is 0 Å². The maximum atomic E-state index is 4.38. The zero-order valence-corrected chi connectivity index (χ0v) is 10.7. The number of anilines is 2. The molecule has 0 unspecified atom stereocenters. The molecule has 2 rings (SSSR count). The molecule has 2 aromatic rings. The summed E-state index contributed by atoms with van der Waals surface area (Å²) in [5.74, 6) is 1.46. The number of aromatic nitrogens is 3. The first-order chi connectivity index (χ1) is 8.28. The van der Waals surface area contributed by atoms with Crippen molar-refractivity contribution < 1.29 is 0 Å². The minimum atomic E-state index is 0.646. The number of thiazole rings is 1. The van der Waals surface area contributed by atoms with Gasteiger partial charge in [-0.1, -0.05) is 0 Å². The molecule has 0 aliphatic rings. The average molecular weight is 249 g/mol. The van der Waals surface area contributed by atoms with Crippen molar-refractivity contribution in [2.45, 2.75) is 20.4 Å². The van der Waals surface area contributed by atoms with Crippen molar-refractivity contribution in [2.75, 3.05) is 17.2 Å². The fourth-order valence-corrected chi connectivity index (χ4v) is 2.06. The molecule has 2 aromatic heterocycles. The molecule has 0 radical (unpaired) electrons. The van der Waals surface area contributed by atoms with E-state index in [4.69, 9.17) is 0 Å². The molecule has 0 aliphatic carbocycles. The molecule has 0 amide bonds. The molecule has 6 heteroatoms. The van der Waals surface area contributed by atoms with E-state index < -0.39 is 0 Å². The van der Waals surface area contributed by atoms with Gasteiger partial charge in [0.2, 0.25) is 5.95 Å². The van der Waals surface area contributed by atoms with Gasteiger partial charge in [0, 0.05) is 23.8 Å². The van der Waals surface area contributed by atoms with Gasteiger partial charge in [0.1, 0.15) is 10.8 Å². The Kier molecular flexibility index (Phi) is 3.87. The van der Waals surface area contributed by atoms with E-state index in [1.54, 1.807) is 17.5 Å². The second kappa shape index (κ2) is 5.58. The Labute approximate surface area is 104 Å². The molecule has 0 aliphatic heterocycles. The van der Waals surface area contributed by atoms with Crippen LogP contribution in [-0.4, -0.2) is 21.5 Å². The highest BCUT2D eigenvalue weighted by Gasteiger charge is 2.00. The second-order valence-electron chi connectivity index (χ2n) is 3.53. The maximum absolute atomic E-state index is 4.38. The van der Waals surface area contributed by atoms with Crippen molar-refractivity contribution in [1.82, 2.24) is 15.0 Å². The zero-order chi connectivity index (χ0) is 12.1. The average Bonchev–Trinajstić information content (AvgIpc) is 2.74. The highest BCUT2D eigenvalue weighted by molar-refractivity contribution is 7.09. The Balaban J connectivity index is 1.96. The number of nitrogens with one attached hydrogen (secondary N) is 2. The molecule has 0 aromatic carbocycles. The van der Waals surface area contributed by atoms with Crippen molar-refractivity contribution >= 4 is 23.1 Å². The Bertz CT molecular complexity index is 482. The Morgan fingerprint density at radius 1 is 1.29 bits per heavy atom. The van der Waals surface area contributed by atoms with E-state index in [2.05, 4.69) is 25.6 Å². The molecule has 90 valence electrons. The lowest BCUT2D eigenvalue weighted by Gasteiger charge is -2.05. The van der Waals surface area contributed by atoms with Gasteiger partial charge in [0.05, 0.1) is 6.54 Å². The molecule has 5 nitrogen and oxygen atoms in total. The molecule has 17 heavy (non-hydrogen) atoms. The van der Waals surface area contributed by atoms with Crippen LogP contribution in [0.1, 0.15) is 17.6 Å². The van der Waals surface area contributed by atoms with E-state index in [1.807, 2.05) is 25.3 Å². The van der Waals surface area contributed by atoms with Crippen LogP contribution >= 0.6 is 11.3 Å². The molecular formula is C11H15N5S. The second-order valence-corrected chi connectivity index (χ2v) is 4.47. The lowest BCUT2D eigenvalue weighted by atomic mass is 10.5. The first-order valence-electron chi connectivity index (χ1n) is 5.49. The van der Waals surface area contributed by atoms with Crippen LogP contribution < -0.4 is 10.6 Å². The van der Waals surface area contributed by atoms with Gasteiger partial charge in [-0.15, -0.1) is 11.3 Å². The highest BCUT2D eigenvalue weighted by atomic mass is 32.1. The highest BCUT2D eigenvalue weighted by Crippen LogP contribution is 2.11. The van der Waals surface area contributed by atoms with Crippen molar-refractivity contribution in [2.24, 2.45) is 0 Å². The first-order valence-corrected chi connectivity index (χ1v) is 6.37. The Morgan fingerprint density at radius 3 is 2.88 bits per heavy atom. The third kappa shape index (κ3) is 3.39. The van der Waals surface area contributed by atoms with Gasteiger partial charge >= 0.3 is 0 Å². The summed E-state index contributed by atoms with van der Waals surface area (Å²) in [6.07, 6.45) is 1.74. The standard InChI is InChI=1S/C11H15N5S/c1-3-12-11-13-5-4-9(16-11)14-6-10-15-8(2)7-17-10/h4-5,7H,3,6H2,1-2H3,(H2,12,13,14,16). The normalized spacial score (nSPS) is 10.2. The minimum absolute atomic E-state index is 0.646. The Hall–Kier alpha value is -1.69. The van der Waals surface area contributed by atoms with E-state index in [0.29, 0.717) is 12.5 Å². The van der Waals surface area contributed by atoms with Crippen LogP contribution in [0.15, 0.2) is 17.6 Å². The van der Waals surface area contributed by atoms with E-state index in [-0.39, 0.29) is 0 Å². The van der Waals surface area contributed by atoms with Gasteiger partial charge < -0.3 is 10.6 Å². The first kappa shape index (κ1) is 11.8. The number of hydrogen-bond donors (Lipinski definition) is 2. The summed E-state index contributed by atoms with van der Waals surface area (Å²) >= 11 is 1.65. The summed E-state index contributed by atoms with van der Waals surface area (Å²) in [6.45, 7) is 5.52. The molecule has 0 spiro atoms. The number of rotatable bonds is 5. The summed E-state index contributed by atoms with van der Waals surface area (Å²) in [6, 6.07) is 1.85. The summed E-state index contributed by atoms with van der Waals surface area (Å²) in [4.78, 5) is 12.8. The van der Waals surface area contributed by atoms with E-state index in [1.165, 1.54) is 0 Å². The van der Waals surface area contributed by atoms with E-state index >= 15 is 0 Å². The minimum Gasteiger partial charge on any atom is -0.363 e. The molecule has 0 saturated heterocycles. The summed E-state index contributed by atoms with van der Waals surface area (Å²) < 4.78 is 0. The fourth-order valence-electron chi connectivity index (χ4n) is 1.35. The fraction of sp³-hybridized carbons (Fsp3) is 0.364. The van der Waals surface area contributed by atoms with Gasteiger partial charge in [-0.3, -0.25) is 0 Å². The third-order valence-electron chi connectivity index (χ3n) is 2.08. The van der Waals surface area contributed by atoms with Crippen molar-refractivity contribution in [1.29, 1.82) is 0 Å². The zero-order valence-electron chi connectivity index (χ0n) is 9.90. The van der Waals surface area contributed by atoms with Crippen molar-refractivity contribution in [3.8, 4) is 0 Å². The number of hydrogen-bond acceptors (Lipinski definition) is 6. The van der Waals surface area contributed by atoms with Crippen molar-refractivity contribution in [3.63, 3.8) is 0 Å². The van der Waals surface area contributed by atoms with Crippen LogP contribution in [0.2, 0.25) is 0 Å². The van der Waals surface area contributed by atoms with Crippen LogP contribution in [0, 0.1) is 6.92 Å². The van der Waals surface area contributed by atoms with Crippen molar-refractivity contribution in [3.05, 3.63) is 28.3 Å². The molecule has 0 atom stereocenters. The maximum Gasteiger partial charge on any atom is 0.224 e. The van der Waals surface area contributed by atoms with Crippen LogP contribution in [0.3, 0.4) is 0 Å². The SMILES string of the molecule is CCNc1nccc(NCc2nc(C)cs2)n1. The van der Waals surface area contributed by atoms with Gasteiger partial charge in [0.25, 0.3) is 0 Å². The Morgan fingerprint density at radius 2 is 2.18 bits per heavy atom. The summed E-state index contributed by atoms with van der Waals surface area (Å²) in [5.41, 5.74) is 1.06. The summed E-state index contributed by atoms with van der Waals surface area (Å²) in [7, 11) is 0. The van der Waals surface area contributed by atoms with Crippen LogP contribution in [-0.2, 0) is 6.54 Å². The molecule has 2 heterocycles. The quantitative estimate of drug-likeness (QED) is 0.851. The lowest BCUT2D eigenvalue weighted by Crippen LogP contribution is -2.06. The predicted octanol–water partition coefficient (Wildman–Crippen LogP) is 2.29. The number of nitrogens with zero attached hydrogens (tertiary/aromatic N) is 3. The van der Waals surface area contributed by atoms with Gasteiger partial charge in [0.15, 0.2) is 0 Å². The molecule has 2 N–H and O–H groups in total. The molecule has 0 bridgehead atoms. The van der Waals surface area contributed by atoms with Crippen LogP contribution in [0.5, 0.6) is 0 Å². The van der Waals surface area contributed by atoms with Gasteiger partial charge in [-0.05, 0) is 19.9 Å². The van der Waals surface area contributed by atoms with Gasteiger partial charge in [-0.25, -0.2) is 9.97 Å². The topological polar surface area (TPSA) is 62.7 Å². The molecular weight excluding hydrogens is 234 g/mol. The smallest absolute Gasteiger partial charge is 0.224 e. The summed E-state index contributed by atoms with van der Waals surface area (Å²) in [5, 5.41) is 9.41. The third-order valence-corrected chi connectivity index (χ3v) is 3.04. The number of aryl methyl sites for hydroxylation is 1. The monoisotopic (exact) mass is 249 g/mol.